The summed E-state index contributed by atoms with van der Waals surface area (Å²) in [6, 6.07) is 4.61. The monoisotopic (exact) mass is 305 g/mol. The molecule has 1 aromatic heterocycles. The summed E-state index contributed by atoms with van der Waals surface area (Å²) in [7, 11) is 0. The normalized spacial score (nSPS) is 19.2. The quantitative estimate of drug-likeness (QED) is 0.938. The third kappa shape index (κ3) is 2.97. The van der Waals surface area contributed by atoms with Crippen LogP contribution in [0.25, 0.3) is 0 Å². The molecule has 2 aromatic rings. The Morgan fingerprint density at radius 3 is 2.95 bits per heavy atom. The van der Waals surface area contributed by atoms with Gasteiger partial charge in [0.2, 0.25) is 5.89 Å². The average molecular weight is 305 g/mol. The maximum absolute atomic E-state index is 13.5. The summed E-state index contributed by atoms with van der Waals surface area (Å²) < 4.78 is 18.7. The molecule has 1 aliphatic rings. The largest absolute Gasteiger partial charge is 0.505 e. The molecule has 0 aliphatic carbocycles. The number of benzene rings is 1. The minimum atomic E-state index is -0.588. The highest BCUT2D eigenvalue weighted by Crippen LogP contribution is 2.32. The molecule has 1 saturated heterocycles. The molecule has 118 valence electrons. The number of phenols is 1. The lowest BCUT2D eigenvalue weighted by atomic mass is 10.1. The first-order chi connectivity index (χ1) is 10.5. The Bertz CT molecular complexity index is 657. The van der Waals surface area contributed by atoms with Crippen molar-refractivity contribution in [2.45, 2.75) is 45.2 Å². The molecule has 22 heavy (non-hydrogen) atoms. The van der Waals surface area contributed by atoms with Crippen molar-refractivity contribution in [1.29, 1.82) is 0 Å². The van der Waals surface area contributed by atoms with Crippen LogP contribution in [0.5, 0.6) is 5.75 Å². The van der Waals surface area contributed by atoms with Crippen LogP contribution >= 0.6 is 0 Å². The number of likely N-dealkylation sites (tertiary alicyclic amines) is 1. The molecule has 0 spiro atoms. The van der Waals surface area contributed by atoms with E-state index in [1.54, 1.807) is 6.07 Å². The van der Waals surface area contributed by atoms with E-state index in [4.69, 9.17) is 4.52 Å². The van der Waals surface area contributed by atoms with Gasteiger partial charge in [-0.2, -0.15) is 4.98 Å². The molecule has 0 amide bonds. The van der Waals surface area contributed by atoms with Crippen molar-refractivity contribution >= 4 is 0 Å². The highest BCUT2D eigenvalue weighted by atomic mass is 19.1. The molecule has 5 nitrogen and oxygen atoms in total. The van der Waals surface area contributed by atoms with Gasteiger partial charge in [-0.3, -0.25) is 4.90 Å². The molecule has 0 saturated carbocycles. The fourth-order valence-corrected chi connectivity index (χ4v) is 2.81. The third-order valence-electron chi connectivity index (χ3n) is 4.01. The van der Waals surface area contributed by atoms with Crippen LogP contribution in [0.1, 0.15) is 55.9 Å². The molecule has 0 bridgehead atoms. The first-order valence-corrected chi connectivity index (χ1v) is 7.59. The fourth-order valence-electron chi connectivity index (χ4n) is 2.81. The molecule has 0 radical (unpaired) electrons. The molecule has 1 fully saturated rings. The first kappa shape index (κ1) is 15.0. The van der Waals surface area contributed by atoms with E-state index in [0.717, 1.165) is 24.9 Å². The van der Waals surface area contributed by atoms with Crippen LogP contribution < -0.4 is 0 Å². The summed E-state index contributed by atoms with van der Waals surface area (Å²) in [4.78, 5) is 6.70. The van der Waals surface area contributed by atoms with Crippen LogP contribution in [0.4, 0.5) is 4.39 Å². The van der Waals surface area contributed by atoms with Crippen molar-refractivity contribution in [2.24, 2.45) is 0 Å². The lowest BCUT2D eigenvalue weighted by Gasteiger charge is -2.21. The Kier molecular flexibility index (Phi) is 4.11. The number of aromatic hydroxyl groups is 1. The van der Waals surface area contributed by atoms with E-state index in [0.29, 0.717) is 18.3 Å². The second-order valence-electron chi connectivity index (χ2n) is 6.06. The maximum Gasteiger partial charge on any atom is 0.229 e. The van der Waals surface area contributed by atoms with Gasteiger partial charge in [-0.25, -0.2) is 4.39 Å². The molecule has 2 heterocycles. The minimum Gasteiger partial charge on any atom is -0.505 e. The number of hydrogen-bond donors (Lipinski definition) is 1. The zero-order chi connectivity index (χ0) is 15.7. The van der Waals surface area contributed by atoms with Gasteiger partial charge in [-0.1, -0.05) is 25.1 Å². The number of phenolic OH excluding ortho intramolecular Hbond substituents is 1. The molecule has 1 aromatic carbocycles. The summed E-state index contributed by atoms with van der Waals surface area (Å²) in [6.07, 6.45) is 2.02. The van der Waals surface area contributed by atoms with Gasteiger partial charge in [0.25, 0.3) is 0 Å². The van der Waals surface area contributed by atoms with E-state index in [1.165, 1.54) is 12.1 Å². The van der Waals surface area contributed by atoms with Crippen LogP contribution in [0.15, 0.2) is 22.7 Å². The maximum atomic E-state index is 13.5. The average Bonchev–Trinajstić information content (AvgIpc) is 3.11. The number of aromatic nitrogens is 2. The third-order valence-corrected chi connectivity index (χ3v) is 4.01. The van der Waals surface area contributed by atoms with Crippen LogP contribution in [0, 0.1) is 5.82 Å². The van der Waals surface area contributed by atoms with Crippen molar-refractivity contribution in [2.75, 3.05) is 6.54 Å². The predicted octanol–water partition coefficient (Wildman–Crippen LogP) is 3.37. The van der Waals surface area contributed by atoms with Gasteiger partial charge < -0.3 is 9.63 Å². The molecule has 6 heteroatoms. The molecule has 1 unspecified atom stereocenters. The number of hydrogen-bond acceptors (Lipinski definition) is 5. The zero-order valence-electron chi connectivity index (χ0n) is 12.8. The summed E-state index contributed by atoms with van der Waals surface area (Å²) >= 11 is 0. The molecular weight excluding hydrogens is 285 g/mol. The number of rotatable bonds is 4. The van der Waals surface area contributed by atoms with Gasteiger partial charge in [-0.05, 0) is 37.1 Å². The van der Waals surface area contributed by atoms with Crippen LogP contribution in [-0.4, -0.2) is 26.7 Å². The first-order valence-electron chi connectivity index (χ1n) is 7.59. The van der Waals surface area contributed by atoms with Gasteiger partial charge >= 0.3 is 0 Å². The smallest absolute Gasteiger partial charge is 0.229 e. The Balaban J connectivity index is 1.76. The lowest BCUT2D eigenvalue weighted by Crippen LogP contribution is -2.23. The second kappa shape index (κ2) is 6.04. The van der Waals surface area contributed by atoms with Gasteiger partial charge in [0.15, 0.2) is 17.4 Å². The standard InChI is InChI=1S/C16H20FN3O2/c1-10(2)16-18-15(19-22-16)13-4-3-7-20(13)9-11-5-6-14(21)12(17)8-11/h5-6,8,10,13,21H,3-4,7,9H2,1-2H3. The van der Waals surface area contributed by atoms with Crippen molar-refractivity contribution in [3.05, 3.63) is 41.3 Å². The molecule has 1 N–H and O–H groups in total. The van der Waals surface area contributed by atoms with E-state index >= 15 is 0 Å². The summed E-state index contributed by atoms with van der Waals surface area (Å²) in [6.45, 7) is 5.55. The molecule has 1 aliphatic heterocycles. The Morgan fingerprint density at radius 2 is 2.27 bits per heavy atom. The Hall–Kier alpha value is -1.95. The lowest BCUT2D eigenvalue weighted by molar-refractivity contribution is 0.233. The molecular formula is C16H20FN3O2. The van der Waals surface area contributed by atoms with Crippen molar-refractivity contribution < 1.29 is 14.0 Å². The number of halogens is 1. The number of nitrogens with zero attached hydrogens (tertiary/aromatic N) is 3. The zero-order valence-corrected chi connectivity index (χ0v) is 12.8. The predicted molar refractivity (Wildman–Crippen MR) is 78.8 cm³/mol. The Labute approximate surface area is 128 Å². The second-order valence-corrected chi connectivity index (χ2v) is 6.06. The van der Waals surface area contributed by atoms with Gasteiger partial charge in [-0.15, -0.1) is 0 Å². The van der Waals surface area contributed by atoms with Crippen LogP contribution in [0.3, 0.4) is 0 Å². The SMILES string of the molecule is CC(C)c1nc(C2CCCN2Cc2ccc(O)c(F)c2)no1. The van der Waals surface area contributed by atoms with E-state index in [1.807, 2.05) is 13.8 Å². The minimum absolute atomic E-state index is 0.105. The van der Waals surface area contributed by atoms with Crippen LogP contribution in [-0.2, 0) is 6.54 Å². The highest BCUT2D eigenvalue weighted by molar-refractivity contribution is 5.28. The summed E-state index contributed by atoms with van der Waals surface area (Å²) in [5, 5.41) is 13.4. The van der Waals surface area contributed by atoms with Crippen molar-refractivity contribution in [3.8, 4) is 5.75 Å². The fraction of sp³-hybridized carbons (Fsp3) is 0.500. The highest BCUT2D eigenvalue weighted by Gasteiger charge is 2.30. The van der Waals surface area contributed by atoms with E-state index in [-0.39, 0.29) is 17.7 Å². The summed E-state index contributed by atoms with van der Waals surface area (Å²) in [5.74, 6) is 0.664. The molecule has 3 rings (SSSR count). The van der Waals surface area contributed by atoms with E-state index < -0.39 is 5.82 Å². The van der Waals surface area contributed by atoms with E-state index in [9.17, 15) is 9.50 Å². The van der Waals surface area contributed by atoms with Crippen molar-refractivity contribution in [3.63, 3.8) is 0 Å². The van der Waals surface area contributed by atoms with Gasteiger partial charge in [0.1, 0.15) is 0 Å². The topological polar surface area (TPSA) is 62.4 Å². The summed E-state index contributed by atoms with van der Waals surface area (Å²) in [5.41, 5.74) is 0.828. The van der Waals surface area contributed by atoms with Gasteiger partial charge in [0.05, 0.1) is 6.04 Å². The van der Waals surface area contributed by atoms with E-state index in [2.05, 4.69) is 15.0 Å². The molecule has 1 atom stereocenters. The van der Waals surface area contributed by atoms with Gasteiger partial charge in [0, 0.05) is 12.5 Å². The Morgan fingerprint density at radius 1 is 1.45 bits per heavy atom. The van der Waals surface area contributed by atoms with Crippen LogP contribution in [0.2, 0.25) is 0 Å². The van der Waals surface area contributed by atoms with Crippen molar-refractivity contribution in [1.82, 2.24) is 15.0 Å².